The number of nitrogens with zero attached hydrogens (tertiary/aromatic N) is 4. The first kappa shape index (κ1) is 19.9. The minimum atomic E-state index is -0.121. The molecule has 0 aliphatic heterocycles. The van der Waals surface area contributed by atoms with Crippen molar-refractivity contribution in [2.24, 2.45) is 0 Å². The summed E-state index contributed by atoms with van der Waals surface area (Å²) in [6.07, 6.45) is 3.48. The molecule has 1 amide bonds. The van der Waals surface area contributed by atoms with Gasteiger partial charge in [0.25, 0.3) is 0 Å². The first-order valence-electron chi connectivity index (χ1n) is 9.83. The SMILES string of the molecule is CNc1ccc(-c2nn(-c3ccc(Br)cc3)c3c2CCc2nc(NC(C)=O)sc2-3)cn1. The first-order valence-corrected chi connectivity index (χ1v) is 11.4. The topological polar surface area (TPSA) is 84.7 Å². The lowest BCUT2D eigenvalue weighted by Crippen LogP contribution is -2.07. The number of pyridine rings is 1. The Balaban J connectivity index is 1.71. The first-order chi connectivity index (χ1) is 15.0. The minimum absolute atomic E-state index is 0.121. The molecule has 0 radical (unpaired) electrons. The zero-order valence-corrected chi connectivity index (χ0v) is 19.3. The normalized spacial score (nSPS) is 12.2. The van der Waals surface area contributed by atoms with Crippen LogP contribution in [0.2, 0.25) is 0 Å². The summed E-state index contributed by atoms with van der Waals surface area (Å²) >= 11 is 5.00. The van der Waals surface area contributed by atoms with Gasteiger partial charge in [-0.1, -0.05) is 27.3 Å². The van der Waals surface area contributed by atoms with Crippen LogP contribution >= 0.6 is 27.3 Å². The molecule has 1 aliphatic carbocycles. The van der Waals surface area contributed by atoms with Gasteiger partial charge in [0.1, 0.15) is 5.82 Å². The number of carbonyl (C=O) groups excluding carboxylic acids is 1. The number of halogens is 1. The predicted octanol–water partition coefficient (Wildman–Crippen LogP) is 4.92. The van der Waals surface area contributed by atoms with Crippen LogP contribution in [-0.2, 0) is 17.6 Å². The molecule has 31 heavy (non-hydrogen) atoms. The number of benzene rings is 1. The van der Waals surface area contributed by atoms with Crippen LogP contribution in [0.15, 0.2) is 47.1 Å². The second-order valence-corrected chi connectivity index (χ2v) is 9.14. The largest absolute Gasteiger partial charge is 0.373 e. The van der Waals surface area contributed by atoms with Crippen LogP contribution in [0.3, 0.4) is 0 Å². The average molecular weight is 495 g/mol. The van der Waals surface area contributed by atoms with E-state index in [1.807, 2.05) is 54.3 Å². The van der Waals surface area contributed by atoms with Crippen LogP contribution in [0.5, 0.6) is 0 Å². The summed E-state index contributed by atoms with van der Waals surface area (Å²) < 4.78 is 2.99. The van der Waals surface area contributed by atoms with Crippen LogP contribution in [0.25, 0.3) is 27.5 Å². The highest BCUT2D eigenvalue weighted by Crippen LogP contribution is 2.44. The van der Waals surface area contributed by atoms with Gasteiger partial charge < -0.3 is 10.6 Å². The van der Waals surface area contributed by atoms with Crippen molar-refractivity contribution in [2.45, 2.75) is 19.8 Å². The van der Waals surface area contributed by atoms with E-state index in [9.17, 15) is 4.79 Å². The Morgan fingerprint density at radius 1 is 1.16 bits per heavy atom. The molecule has 0 saturated heterocycles. The lowest BCUT2D eigenvalue weighted by atomic mass is 9.95. The number of thiazole rings is 1. The molecule has 7 nitrogen and oxygen atoms in total. The van der Waals surface area contributed by atoms with Gasteiger partial charge in [-0.3, -0.25) is 4.79 Å². The van der Waals surface area contributed by atoms with Crippen LogP contribution in [0.4, 0.5) is 10.9 Å². The molecule has 0 unspecified atom stereocenters. The fourth-order valence-electron chi connectivity index (χ4n) is 3.76. The van der Waals surface area contributed by atoms with Crippen molar-refractivity contribution < 1.29 is 4.79 Å². The Morgan fingerprint density at radius 2 is 1.97 bits per heavy atom. The van der Waals surface area contributed by atoms with E-state index in [0.29, 0.717) is 5.13 Å². The molecular weight excluding hydrogens is 476 g/mol. The lowest BCUT2D eigenvalue weighted by molar-refractivity contribution is -0.114. The van der Waals surface area contributed by atoms with Gasteiger partial charge >= 0.3 is 0 Å². The maximum absolute atomic E-state index is 11.6. The van der Waals surface area contributed by atoms with Crippen molar-refractivity contribution in [1.29, 1.82) is 0 Å². The number of rotatable bonds is 4. The molecule has 2 N–H and O–H groups in total. The van der Waals surface area contributed by atoms with Crippen molar-refractivity contribution >= 4 is 44.1 Å². The molecule has 3 aromatic heterocycles. The maximum atomic E-state index is 11.6. The van der Waals surface area contributed by atoms with Crippen LogP contribution in [-0.4, -0.2) is 32.7 Å². The highest BCUT2D eigenvalue weighted by Gasteiger charge is 2.30. The van der Waals surface area contributed by atoms with Gasteiger partial charge in [-0.15, -0.1) is 0 Å². The molecule has 0 spiro atoms. The Hall–Kier alpha value is -3.04. The number of nitrogens with one attached hydrogen (secondary N) is 2. The minimum Gasteiger partial charge on any atom is -0.373 e. The van der Waals surface area contributed by atoms with E-state index >= 15 is 0 Å². The number of fused-ring (bicyclic) bond motifs is 3. The van der Waals surface area contributed by atoms with E-state index in [0.717, 1.165) is 56.3 Å². The molecule has 3 heterocycles. The van der Waals surface area contributed by atoms with Gasteiger partial charge in [-0.05, 0) is 49.2 Å². The second kappa shape index (κ2) is 7.90. The van der Waals surface area contributed by atoms with E-state index in [1.54, 1.807) is 0 Å². The van der Waals surface area contributed by atoms with Crippen LogP contribution < -0.4 is 10.6 Å². The van der Waals surface area contributed by atoms with Gasteiger partial charge in [-0.25, -0.2) is 14.6 Å². The smallest absolute Gasteiger partial charge is 0.223 e. The zero-order chi connectivity index (χ0) is 21.5. The van der Waals surface area contributed by atoms with Gasteiger partial charge in [0.2, 0.25) is 5.91 Å². The molecule has 0 bridgehead atoms. The van der Waals surface area contributed by atoms with Crippen molar-refractivity contribution in [3.05, 3.63) is 58.3 Å². The van der Waals surface area contributed by atoms with E-state index in [4.69, 9.17) is 5.10 Å². The molecular formula is C22H19BrN6OS. The quantitative estimate of drug-likeness (QED) is 0.420. The van der Waals surface area contributed by atoms with Crippen molar-refractivity contribution in [3.8, 4) is 27.5 Å². The van der Waals surface area contributed by atoms with Crippen molar-refractivity contribution in [1.82, 2.24) is 19.7 Å². The summed E-state index contributed by atoms with van der Waals surface area (Å²) in [6, 6.07) is 12.1. The molecule has 1 aliphatic rings. The molecule has 156 valence electrons. The zero-order valence-electron chi connectivity index (χ0n) is 16.9. The standard InChI is InChI=1S/C22H19BrN6OS/c1-12(30)26-22-27-17-9-8-16-19(13-3-10-18(24-2)25-11-13)28-29(20(16)21(17)31-22)15-6-4-14(23)5-7-15/h3-7,10-11H,8-9H2,1-2H3,(H,24,25)(H,26,27,30). The molecule has 1 aromatic carbocycles. The molecule has 9 heteroatoms. The summed E-state index contributed by atoms with van der Waals surface area (Å²) in [5.74, 6) is 0.693. The van der Waals surface area contributed by atoms with Gasteiger partial charge in [-0.2, -0.15) is 5.10 Å². The van der Waals surface area contributed by atoms with E-state index in [1.165, 1.54) is 23.8 Å². The number of carbonyl (C=O) groups is 1. The summed E-state index contributed by atoms with van der Waals surface area (Å²) in [5, 5.41) is 11.5. The molecule has 0 saturated carbocycles. The number of aryl methyl sites for hydroxylation is 1. The van der Waals surface area contributed by atoms with Crippen molar-refractivity contribution in [3.63, 3.8) is 0 Å². The van der Waals surface area contributed by atoms with E-state index in [-0.39, 0.29) is 5.91 Å². The van der Waals surface area contributed by atoms with Crippen LogP contribution in [0, 0.1) is 0 Å². The number of anilines is 2. The third-order valence-electron chi connectivity index (χ3n) is 5.15. The van der Waals surface area contributed by atoms with Gasteiger partial charge in [0, 0.05) is 35.8 Å². The molecule has 0 atom stereocenters. The summed E-state index contributed by atoms with van der Waals surface area (Å²) in [7, 11) is 1.85. The highest BCUT2D eigenvalue weighted by molar-refractivity contribution is 9.10. The van der Waals surface area contributed by atoms with E-state index in [2.05, 4.69) is 36.5 Å². The monoisotopic (exact) mass is 494 g/mol. The third-order valence-corrected chi connectivity index (χ3v) is 6.70. The highest BCUT2D eigenvalue weighted by atomic mass is 79.9. The number of aromatic nitrogens is 4. The summed E-state index contributed by atoms with van der Waals surface area (Å²) in [4.78, 5) is 21.7. The van der Waals surface area contributed by atoms with Gasteiger partial charge in [0.15, 0.2) is 5.13 Å². The summed E-state index contributed by atoms with van der Waals surface area (Å²) in [5.41, 5.74) is 6.06. The number of amides is 1. The lowest BCUT2D eigenvalue weighted by Gasteiger charge is -2.14. The predicted molar refractivity (Wildman–Crippen MR) is 127 cm³/mol. The number of hydrogen-bond donors (Lipinski definition) is 2. The second-order valence-electron chi connectivity index (χ2n) is 7.22. The fourth-order valence-corrected chi connectivity index (χ4v) is 5.14. The Labute approximate surface area is 191 Å². The van der Waals surface area contributed by atoms with Crippen LogP contribution in [0.1, 0.15) is 18.2 Å². The number of hydrogen-bond acceptors (Lipinski definition) is 6. The Kier molecular flexibility index (Phi) is 5.07. The van der Waals surface area contributed by atoms with Gasteiger partial charge in [0.05, 0.1) is 27.6 Å². The Bertz CT molecular complexity index is 1280. The van der Waals surface area contributed by atoms with E-state index < -0.39 is 0 Å². The Morgan fingerprint density at radius 3 is 2.65 bits per heavy atom. The maximum Gasteiger partial charge on any atom is 0.223 e. The molecule has 0 fully saturated rings. The molecule has 4 aromatic rings. The fraction of sp³-hybridized carbons (Fsp3) is 0.182. The summed E-state index contributed by atoms with van der Waals surface area (Å²) in [6.45, 7) is 1.50. The van der Waals surface area contributed by atoms with Crippen molar-refractivity contribution in [2.75, 3.05) is 17.7 Å². The average Bonchev–Trinajstić information content (AvgIpc) is 3.35. The third kappa shape index (κ3) is 3.64. The molecule has 5 rings (SSSR count).